The first-order valence-corrected chi connectivity index (χ1v) is 8.68. The average molecular weight is 293 g/mol. The lowest BCUT2D eigenvalue weighted by Gasteiger charge is -2.12. The van der Waals surface area contributed by atoms with Crippen LogP contribution in [0.15, 0.2) is 24.5 Å². The van der Waals surface area contributed by atoms with Gasteiger partial charge in [0.15, 0.2) is 12.4 Å². The number of aryl methyl sites for hydroxylation is 1. The highest BCUT2D eigenvalue weighted by Crippen LogP contribution is 2.08. The summed E-state index contributed by atoms with van der Waals surface area (Å²) in [4.78, 5) is 0. The molecule has 0 fully saturated rings. The largest absolute Gasteiger partial charge is 0.374 e. The fourth-order valence-electron chi connectivity index (χ4n) is 2.45. The Labute approximate surface area is 130 Å². The molecule has 0 aromatic carbocycles. The van der Waals surface area contributed by atoms with Gasteiger partial charge in [-0.05, 0) is 19.0 Å². The van der Waals surface area contributed by atoms with Gasteiger partial charge in [0.25, 0.3) is 0 Å². The molecule has 0 radical (unpaired) electrons. The van der Waals surface area contributed by atoms with Crippen molar-refractivity contribution in [3.05, 3.63) is 30.1 Å². The van der Waals surface area contributed by atoms with Crippen molar-refractivity contribution >= 4 is 0 Å². The van der Waals surface area contributed by atoms with Gasteiger partial charge in [-0.3, -0.25) is 5.32 Å². The number of aliphatic hydroxyl groups is 1. The zero-order valence-corrected chi connectivity index (χ0v) is 13.9. The average Bonchev–Trinajstić information content (AvgIpc) is 2.52. The minimum atomic E-state index is -0.547. The Morgan fingerprint density at radius 2 is 1.76 bits per heavy atom. The third kappa shape index (κ3) is 8.18. The Hall–Kier alpha value is -0.930. The Bertz CT molecular complexity index is 368. The van der Waals surface area contributed by atoms with Crippen LogP contribution >= 0.6 is 0 Å². The molecule has 0 aliphatic rings. The summed E-state index contributed by atoms with van der Waals surface area (Å²) in [6.07, 6.45) is 13.6. The molecule has 1 atom stereocenters. The first-order valence-electron chi connectivity index (χ1n) is 8.68. The summed E-state index contributed by atoms with van der Waals surface area (Å²) in [7, 11) is 0. The molecule has 1 rings (SSSR count). The van der Waals surface area contributed by atoms with Crippen LogP contribution in [-0.2, 0) is 6.54 Å². The Morgan fingerprint density at radius 1 is 1.05 bits per heavy atom. The van der Waals surface area contributed by atoms with Gasteiger partial charge < -0.3 is 5.11 Å². The van der Waals surface area contributed by atoms with Gasteiger partial charge in [-0.15, -0.1) is 0 Å². The molecular formula is C18H33N2O+. The molecule has 0 aliphatic heterocycles. The van der Waals surface area contributed by atoms with Crippen LogP contribution in [0.25, 0.3) is 0 Å². The predicted octanol–water partition coefficient (Wildman–Crippen LogP) is 3.72. The summed E-state index contributed by atoms with van der Waals surface area (Å²) in [6, 6.07) is 4.00. The van der Waals surface area contributed by atoms with Crippen LogP contribution in [0.4, 0.5) is 0 Å². The smallest absolute Gasteiger partial charge is 0.175 e. The molecule has 0 aliphatic carbocycles. The molecule has 1 heterocycles. The van der Waals surface area contributed by atoms with Gasteiger partial charge in [0, 0.05) is 12.5 Å². The standard InChI is InChI=1S/C18H33N2O/c1-3-5-7-8-9-10-13-19-18(21)17-12-11-15-20(16-17)14-6-4-2/h11-12,15-16,18-19,21H,3-10,13-14H2,1-2H3/q+1. The third-order valence-corrected chi connectivity index (χ3v) is 3.83. The molecular weight excluding hydrogens is 260 g/mol. The highest BCUT2D eigenvalue weighted by Gasteiger charge is 2.10. The number of hydrogen-bond donors (Lipinski definition) is 2. The van der Waals surface area contributed by atoms with E-state index in [9.17, 15) is 5.11 Å². The van der Waals surface area contributed by atoms with E-state index in [4.69, 9.17) is 0 Å². The third-order valence-electron chi connectivity index (χ3n) is 3.83. The summed E-state index contributed by atoms with van der Waals surface area (Å²) < 4.78 is 2.16. The van der Waals surface area contributed by atoms with Crippen molar-refractivity contribution in [2.45, 2.75) is 78.0 Å². The quantitative estimate of drug-likeness (QED) is 0.350. The number of aromatic nitrogens is 1. The molecule has 0 saturated heterocycles. The molecule has 0 saturated carbocycles. The Balaban J connectivity index is 2.23. The van der Waals surface area contributed by atoms with E-state index in [-0.39, 0.29) is 0 Å². The van der Waals surface area contributed by atoms with Crippen molar-refractivity contribution in [1.29, 1.82) is 0 Å². The second-order valence-corrected chi connectivity index (χ2v) is 5.85. The van der Waals surface area contributed by atoms with Gasteiger partial charge in [0.05, 0.1) is 5.56 Å². The lowest BCUT2D eigenvalue weighted by atomic mass is 10.1. The second kappa shape index (κ2) is 11.7. The SMILES string of the molecule is CCCCCCCCNC(O)c1ccc[n+](CCCC)c1. The Morgan fingerprint density at radius 3 is 2.52 bits per heavy atom. The van der Waals surface area contributed by atoms with E-state index < -0.39 is 6.23 Å². The minimum Gasteiger partial charge on any atom is -0.374 e. The molecule has 3 nitrogen and oxygen atoms in total. The second-order valence-electron chi connectivity index (χ2n) is 5.85. The first kappa shape index (κ1) is 18.1. The predicted molar refractivity (Wildman–Crippen MR) is 87.9 cm³/mol. The van der Waals surface area contributed by atoms with Crippen molar-refractivity contribution in [2.24, 2.45) is 0 Å². The highest BCUT2D eigenvalue weighted by molar-refractivity contribution is 5.08. The maximum absolute atomic E-state index is 10.2. The number of unbranched alkanes of at least 4 members (excludes halogenated alkanes) is 6. The number of nitrogens with zero attached hydrogens (tertiary/aromatic N) is 1. The summed E-state index contributed by atoms with van der Waals surface area (Å²) >= 11 is 0. The fraction of sp³-hybridized carbons (Fsp3) is 0.722. The normalized spacial score (nSPS) is 12.5. The number of hydrogen-bond acceptors (Lipinski definition) is 2. The van der Waals surface area contributed by atoms with E-state index in [0.29, 0.717) is 0 Å². The summed E-state index contributed by atoms with van der Waals surface area (Å²) in [5.74, 6) is 0. The molecule has 1 unspecified atom stereocenters. The van der Waals surface area contributed by atoms with E-state index in [0.717, 1.165) is 25.1 Å². The maximum Gasteiger partial charge on any atom is 0.175 e. The van der Waals surface area contributed by atoms with E-state index in [1.165, 1.54) is 44.9 Å². The summed E-state index contributed by atoms with van der Waals surface area (Å²) in [6.45, 7) is 6.34. The molecule has 21 heavy (non-hydrogen) atoms. The molecule has 3 heteroatoms. The fourth-order valence-corrected chi connectivity index (χ4v) is 2.45. The van der Waals surface area contributed by atoms with Crippen molar-refractivity contribution in [3.63, 3.8) is 0 Å². The molecule has 2 N–H and O–H groups in total. The minimum absolute atomic E-state index is 0.547. The van der Waals surface area contributed by atoms with Crippen LogP contribution in [0.1, 0.15) is 77.0 Å². The number of rotatable bonds is 12. The number of pyridine rings is 1. The highest BCUT2D eigenvalue weighted by atomic mass is 16.3. The lowest BCUT2D eigenvalue weighted by Crippen LogP contribution is -2.34. The molecule has 1 aromatic rings. The molecule has 120 valence electrons. The van der Waals surface area contributed by atoms with Crippen LogP contribution in [0.3, 0.4) is 0 Å². The molecule has 0 amide bonds. The number of aliphatic hydroxyl groups excluding tert-OH is 1. The van der Waals surface area contributed by atoms with Crippen molar-refractivity contribution in [1.82, 2.24) is 5.32 Å². The topological polar surface area (TPSA) is 36.1 Å². The van der Waals surface area contributed by atoms with Gasteiger partial charge in [-0.1, -0.05) is 52.4 Å². The monoisotopic (exact) mass is 293 g/mol. The van der Waals surface area contributed by atoms with E-state index in [1.807, 2.05) is 12.1 Å². The van der Waals surface area contributed by atoms with Crippen LogP contribution in [0, 0.1) is 0 Å². The van der Waals surface area contributed by atoms with Gasteiger partial charge in [-0.2, -0.15) is 0 Å². The zero-order chi connectivity index (χ0) is 15.3. The maximum atomic E-state index is 10.2. The molecule has 0 bridgehead atoms. The van der Waals surface area contributed by atoms with Gasteiger partial charge in [0.2, 0.25) is 0 Å². The van der Waals surface area contributed by atoms with Gasteiger partial charge in [0.1, 0.15) is 12.8 Å². The molecule has 0 spiro atoms. The van der Waals surface area contributed by atoms with E-state index in [2.05, 4.69) is 36.1 Å². The van der Waals surface area contributed by atoms with Crippen molar-refractivity contribution < 1.29 is 9.67 Å². The van der Waals surface area contributed by atoms with Crippen LogP contribution < -0.4 is 9.88 Å². The number of nitrogens with one attached hydrogen (secondary N) is 1. The van der Waals surface area contributed by atoms with Crippen LogP contribution in [-0.4, -0.2) is 11.7 Å². The first-order chi connectivity index (χ1) is 10.3. The van der Waals surface area contributed by atoms with Crippen LogP contribution in [0.5, 0.6) is 0 Å². The van der Waals surface area contributed by atoms with Crippen LogP contribution in [0.2, 0.25) is 0 Å². The summed E-state index contributed by atoms with van der Waals surface area (Å²) in [5, 5.41) is 13.4. The van der Waals surface area contributed by atoms with Gasteiger partial charge >= 0.3 is 0 Å². The van der Waals surface area contributed by atoms with E-state index in [1.54, 1.807) is 0 Å². The zero-order valence-electron chi connectivity index (χ0n) is 13.9. The van der Waals surface area contributed by atoms with Crippen molar-refractivity contribution in [3.8, 4) is 0 Å². The van der Waals surface area contributed by atoms with Crippen molar-refractivity contribution in [2.75, 3.05) is 6.54 Å². The van der Waals surface area contributed by atoms with E-state index >= 15 is 0 Å². The lowest BCUT2D eigenvalue weighted by molar-refractivity contribution is -0.697. The summed E-state index contributed by atoms with van der Waals surface area (Å²) in [5.41, 5.74) is 0.958. The molecule has 1 aromatic heterocycles. The van der Waals surface area contributed by atoms with Gasteiger partial charge in [-0.25, -0.2) is 4.57 Å². The Kier molecular flexibility index (Phi) is 10.1.